The highest BCUT2D eigenvalue weighted by molar-refractivity contribution is 7.09. The molecule has 0 radical (unpaired) electrons. The summed E-state index contributed by atoms with van der Waals surface area (Å²) in [5, 5.41) is 2.79. The van der Waals surface area contributed by atoms with Crippen molar-refractivity contribution in [3.8, 4) is 11.5 Å². The zero-order valence-electron chi connectivity index (χ0n) is 7.95. The number of rotatable bonds is 2. The number of hydrogen-bond acceptors (Lipinski definition) is 4. The quantitative estimate of drug-likeness (QED) is 0.818. The van der Waals surface area contributed by atoms with Gasteiger partial charge in [0.2, 0.25) is 0 Å². The van der Waals surface area contributed by atoms with Gasteiger partial charge < -0.3 is 4.98 Å². The minimum Gasteiger partial charge on any atom is -0.305 e. The van der Waals surface area contributed by atoms with E-state index < -0.39 is 0 Å². The number of alkyl halides is 1. The second-order valence-electron chi connectivity index (χ2n) is 2.97. The summed E-state index contributed by atoms with van der Waals surface area (Å²) < 4.78 is 0. The van der Waals surface area contributed by atoms with Crippen LogP contribution in [0.2, 0.25) is 0 Å². The average Bonchev–Trinajstić information content (AvgIpc) is 2.64. The van der Waals surface area contributed by atoms with Gasteiger partial charge in [0.25, 0.3) is 5.56 Å². The Morgan fingerprint density at radius 1 is 1.53 bits per heavy atom. The molecule has 2 aromatic heterocycles. The third-order valence-electron chi connectivity index (χ3n) is 1.79. The fourth-order valence-electron chi connectivity index (χ4n) is 1.17. The molecule has 6 heteroatoms. The summed E-state index contributed by atoms with van der Waals surface area (Å²) >= 11 is 7.14. The van der Waals surface area contributed by atoms with E-state index in [4.69, 9.17) is 11.6 Å². The van der Waals surface area contributed by atoms with Gasteiger partial charge in [-0.25, -0.2) is 9.97 Å². The molecule has 0 atom stereocenters. The first kappa shape index (κ1) is 10.3. The van der Waals surface area contributed by atoms with Crippen LogP contribution < -0.4 is 5.56 Å². The fraction of sp³-hybridized carbons (Fsp3) is 0.222. The van der Waals surface area contributed by atoms with Crippen molar-refractivity contribution in [3.63, 3.8) is 0 Å². The molecule has 2 rings (SSSR count). The number of aromatic amines is 1. The Balaban J connectivity index is 2.53. The Labute approximate surface area is 95.0 Å². The molecule has 2 aromatic rings. The van der Waals surface area contributed by atoms with Gasteiger partial charge in [-0.15, -0.1) is 22.9 Å². The Hall–Kier alpha value is -1.20. The third-order valence-corrected chi connectivity index (χ3v) is 2.84. The van der Waals surface area contributed by atoms with E-state index in [1.807, 2.05) is 12.3 Å². The van der Waals surface area contributed by atoms with Crippen molar-refractivity contribution in [3.05, 3.63) is 32.5 Å². The lowest BCUT2D eigenvalue weighted by Crippen LogP contribution is -2.09. The Kier molecular flexibility index (Phi) is 2.83. The molecule has 0 aliphatic rings. The van der Waals surface area contributed by atoms with Crippen molar-refractivity contribution < 1.29 is 0 Å². The van der Waals surface area contributed by atoms with Crippen LogP contribution in [-0.4, -0.2) is 15.0 Å². The van der Waals surface area contributed by atoms with Crippen LogP contribution in [0.5, 0.6) is 0 Å². The molecular formula is C9H8ClN3OS. The molecule has 0 aliphatic heterocycles. The topological polar surface area (TPSA) is 58.6 Å². The van der Waals surface area contributed by atoms with E-state index in [0.717, 1.165) is 5.01 Å². The second-order valence-corrected chi connectivity index (χ2v) is 4.30. The number of hydrogen-bond donors (Lipinski definition) is 1. The van der Waals surface area contributed by atoms with Crippen molar-refractivity contribution in [1.29, 1.82) is 0 Å². The molecule has 0 spiro atoms. The summed E-state index contributed by atoms with van der Waals surface area (Å²) in [6.45, 7) is 1.90. The molecule has 1 N–H and O–H groups in total. The maximum atomic E-state index is 11.3. The summed E-state index contributed by atoms with van der Waals surface area (Å²) in [5.74, 6) is 0.697. The molecular weight excluding hydrogens is 234 g/mol. The highest BCUT2D eigenvalue weighted by atomic mass is 35.5. The van der Waals surface area contributed by atoms with Gasteiger partial charge in [-0.2, -0.15) is 0 Å². The standard InChI is InChI=1S/C9H8ClN3OS/c1-5-11-7(4-15-5)9-12-6(3-10)2-8(14)13-9/h2,4H,3H2,1H3,(H,12,13,14). The summed E-state index contributed by atoms with van der Waals surface area (Å²) in [4.78, 5) is 22.3. The van der Waals surface area contributed by atoms with E-state index in [0.29, 0.717) is 17.2 Å². The number of aromatic nitrogens is 3. The minimum atomic E-state index is -0.207. The predicted octanol–water partition coefficient (Wildman–Crippen LogP) is 1.94. The molecule has 0 fully saturated rings. The van der Waals surface area contributed by atoms with Crippen LogP contribution in [0.15, 0.2) is 16.2 Å². The number of nitrogens with zero attached hydrogens (tertiary/aromatic N) is 2. The van der Waals surface area contributed by atoms with Gasteiger partial charge in [0, 0.05) is 11.4 Å². The second kappa shape index (κ2) is 4.12. The third kappa shape index (κ3) is 2.24. The molecule has 0 saturated carbocycles. The van der Waals surface area contributed by atoms with E-state index in [1.165, 1.54) is 17.4 Å². The SMILES string of the molecule is Cc1nc(-c2nc(CCl)cc(=O)[nH]2)cs1. The van der Waals surface area contributed by atoms with Crippen LogP contribution in [-0.2, 0) is 5.88 Å². The molecule has 0 bridgehead atoms. The summed E-state index contributed by atoms with van der Waals surface area (Å²) in [6, 6.07) is 1.38. The summed E-state index contributed by atoms with van der Waals surface area (Å²) in [6.07, 6.45) is 0. The smallest absolute Gasteiger partial charge is 0.251 e. The van der Waals surface area contributed by atoms with E-state index in [-0.39, 0.29) is 11.4 Å². The average molecular weight is 242 g/mol. The first-order valence-corrected chi connectivity index (χ1v) is 5.69. The van der Waals surface area contributed by atoms with E-state index in [9.17, 15) is 4.79 Å². The number of nitrogens with one attached hydrogen (secondary N) is 1. The Bertz CT molecular complexity index is 534. The van der Waals surface area contributed by atoms with Gasteiger partial charge in [-0.3, -0.25) is 4.79 Å². The largest absolute Gasteiger partial charge is 0.305 e. The molecule has 0 amide bonds. The highest BCUT2D eigenvalue weighted by Gasteiger charge is 2.06. The van der Waals surface area contributed by atoms with E-state index in [1.54, 1.807) is 0 Å². The molecule has 2 heterocycles. The van der Waals surface area contributed by atoms with E-state index >= 15 is 0 Å². The van der Waals surface area contributed by atoms with Crippen LogP contribution in [0.3, 0.4) is 0 Å². The molecule has 4 nitrogen and oxygen atoms in total. The maximum absolute atomic E-state index is 11.3. The summed E-state index contributed by atoms with van der Waals surface area (Å²) in [5.41, 5.74) is 1.03. The molecule has 78 valence electrons. The lowest BCUT2D eigenvalue weighted by Gasteiger charge is -1.98. The maximum Gasteiger partial charge on any atom is 0.251 e. The van der Waals surface area contributed by atoms with Crippen molar-refractivity contribution in [1.82, 2.24) is 15.0 Å². The molecule has 0 aromatic carbocycles. The van der Waals surface area contributed by atoms with Crippen LogP contribution in [0.4, 0.5) is 0 Å². The molecule has 0 saturated heterocycles. The monoisotopic (exact) mass is 241 g/mol. The zero-order chi connectivity index (χ0) is 10.8. The number of halogens is 1. The molecule has 15 heavy (non-hydrogen) atoms. The van der Waals surface area contributed by atoms with Crippen LogP contribution in [0.25, 0.3) is 11.5 Å². The zero-order valence-corrected chi connectivity index (χ0v) is 9.52. The Morgan fingerprint density at radius 3 is 2.93 bits per heavy atom. The predicted molar refractivity (Wildman–Crippen MR) is 60.3 cm³/mol. The van der Waals surface area contributed by atoms with Gasteiger partial charge in [-0.05, 0) is 6.92 Å². The van der Waals surface area contributed by atoms with Crippen molar-refractivity contribution >= 4 is 22.9 Å². The van der Waals surface area contributed by atoms with Gasteiger partial charge >= 0.3 is 0 Å². The van der Waals surface area contributed by atoms with Gasteiger partial charge in [-0.1, -0.05) is 0 Å². The van der Waals surface area contributed by atoms with E-state index in [2.05, 4.69) is 15.0 Å². The molecule has 0 unspecified atom stereocenters. The van der Waals surface area contributed by atoms with Gasteiger partial charge in [0.15, 0.2) is 5.82 Å². The van der Waals surface area contributed by atoms with Crippen molar-refractivity contribution in [2.75, 3.05) is 0 Å². The first-order valence-electron chi connectivity index (χ1n) is 4.28. The van der Waals surface area contributed by atoms with Gasteiger partial charge in [0.1, 0.15) is 5.69 Å². The number of aryl methyl sites for hydroxylation is 1. The normalized spacial score (nSPS) is 10.5. The number of H-pyrrole nitrogens is 1. The van der Waals surface area contributed by atoms with Crippen molar-refractivity contribution in [2.24, 2.45) is 0 Å². The lowest BCUT2D eigenvalue weighted by molar-refractivity contribution is 1.05. The minimum absolute atomic E-state index is 0.207. The van der Waals surface area contributed by atoms with Crippen molar-refractivity contribution in [2.45, 2.75) is 12.8 Å². The fourth-order valence-corrected chi connectivity index (χ4v) is 1.90. The summed E-state index contributed by atoms with van der Waals surface area (Å²) in [7, 11) is 0. The first-order chi connectivity index (χ1) is 7.19. The van der Waals surface area contributed by atoms with Gasteiger partial charge in [0.05, 0.1) is 16.6 Å². The number of thiazole rings is 1. The van der Waals surface area contributed by atoms with Crippen LogP contribution in [0, 0.1) is 6.92 Å². The van der Waals surface area contributed by atoms with Crippen LogP contribution in [0.1, 0.15) is 10.7 Å². The Morgan fingerprint density at radius 2 is 2.33 bits per heavy atom. The molecule has 0 aliphatic carbocycles. The highest BCUT2D eigenvalue weighted by Crippen LogP contribution is 2.17. The van der Waals surface area contributed by atoms with Crippen LogP contribution >= 0.6 is 22.9 Å². The lowest BCUT2D eigenvalue weighted by atomic mass is 10.4.